The average molecular weight is 488 g/mol. The standard InChI is InChI=1S/C25H21N5O4S/c1-33-22-14-17(30(31)32)5-6-18(22)20-7-8-21(34-20)24-23(19-4-2-3-11-27-19)28-25(35)29(24)15-16-9-12-26-13-10-16/h2-14,23-24H,15H2,1H3,(H,28,35)/t23-,24-/m0/s1. The number of thiocarbonyl (C=S) groups is 1. The van der Waals surface area contributed by atoms with Gasteiger partial charge in [0.25, 0.3) is 5.69 Å². The average Bonchev–Trinajstić information content (AvgIpc) is 3.49. The zero-order valence-corrected chi connectivity index (χ0v) is 19.5. The number of pyridine rings is 2. The fourth-order valence-electron chi connectivity index (χ4n) is 4.22. The first-order chi connectivity index (χ1) is 17.0. The van der Waals surface area contributed by atoms with E-state index in [9.17, 15) is 10.1 Å². The molecule has 1 aliphatic heterocycles. The molecule has 0 saturated carbocycles. The molecule has 0 radical (unpaired) electrons. The number of hydrogen-bond acceptors (Lipinski definition) is 7. The topological polar surface area (TPSA) is 107 Å². The Labute approximate surface area is 206 Å². The van der Waals surface area contributed by atoms with Crippen LogP contribution in [0, 0.1) is 10.1 Å². The van der Waals surface area contributed by atoms with E-state index in [1.807, 2.05) is 42.5 Å². The van der Waals surface area contributed by atoms with Crippen molar-refractivity contribution in [3.05, 3.63) is 106 Å². The van der Waals surface area contributed by atoms with Gasteiger partial charge >= 0.3 is 0 Å². The van der Waals surface area contributed by atoms with Crippen molar-refractivity contribution in [2.24, 2.45) is 0 Å². The fraction of sp³-hybridized carbons (Fsp3) is 0.160. The van der Waals surface area contributed by atoms with E-state index in [1.165, 1.54) is 19.2 Å². The fourth-order valence-corrected chi connectivity index (χ4v) is 4.53. The molecule has 1 aromatic carbocycles. The van der Waals surface area contributed by atoms with Crippen LogP contribution in [0.15, 0.2) is 83.7 Å². The Kier molecular flexibility index (Phi) is 6.11. The molecule has 0 unspecified atom stereocenters. The van der Waals surface area contributed by atoms with Crippen molar-refractivity contribution in [2.75, 3.05) is 7.11 Å². The number of nitro benzene ring substituents is 1. The van der Waals surface area contributed by atoms with Crippen molar-refractivity contribution >= 4 is 23.0 Å². The van der Waals surface area contributed by atoms with Crippen molar-refractivity contribution in [2.45, 2.75) is 18.6 Å². The molecule has 0 bridgehead atoms. The van der Waals surface area contributed by atoms with E-state index in [-0.39, 0.29) is 17.8 Å². The lowest BCUT2D eigenvalue weighted by Crippen LogP contribution is -2.29. The van der Waals surface area contributed by atoms with Gasteiger partial charge in [0.15, 0.2) is 5.11 Å². The Morgan fingerprint density at radius 2 is 1.97 bits per heavy atom. The van der Waals surface area contributed by atoms with Gasteiger partial charge in [0.2, 0.25) is 0 Å². The molecule has 3 aromatic heterocycles. The maximum Gasteiger partial charge on any atom is 0.273 e. The van der Waals surface area contributed by atoms with Crippen molar-refractivity contribution in [3.63, 3.8) is 0 Å². The lowest BCUT2D eigenvalue weighted by Gasteiger charge is -2.26. The van der Waals surface area contributed by atoms with E-state index >= 15 is 0 Å². The largest absolute Gasteiger partial charge is 0.496 e. The summed E-state index contributed by atoms with van der Waals surface area (Å²) in [6, 6.07) is 17.3. The van der Waals surface area contributed by atoms with E-state index in [1.54, 1.807) is 24.7 Å². The third-order valence-electron chi connectivity index (χ3n) is 5.88. The van der Waals surface area contributed by atoms with Gasteiger partial charge in [0.1, 0.15) is 23.3 Å². The highest BCUT2D eigenvalue weighted by atomic mass is 32.1. The summed E-state index contributed by atoms with van der Waals surface area (Å²) < 4.78 is 11.7. The van der Waals surface area contributed by atoms with E-state index in [0.717, 1.165) is 11.3 Å². The van der Waals surface area contributed by atoms with Gasteiger partial charge < -0.3 is 19.4 Å². The number of non-ortho nitro benzene ring substituents is 1. The van der Waals surface area contributed by atoms with Crippen LogP contribution in [0.3, 0.4) is 0 Å². The SMILES string of the molecule is COc1cc([N+](=O)[O-])ccc1-c1ccc([C@H]2[C@H](c3ccccn3)NC(=S)N2Cc2ccncc2)o1. The first-order valence-corrected chi connectivity index (χ1v) is 11.3. The predicted molar refractivity (Wildman–Crippen MR) is 133 cm³/mol. The lowest BCUT2D eigenvalue weighted by molar-refractivity contribution is -0.384. The molecule has 0 spiro atoms. The Morgan fingerprint density at radius 1 is 1.14 bits per heavy atom. The normalized spacial score (nSPS) is 17.3. The van der Waals surface area contributed by atoms with Crippen LogP contribution in [0.5, 0.6) is 5.75 Å². The lowest BCUT2D eigenvalue weighted by atomic mass is 10.0. The summed E-state index contributed by atoms with van der Waals surface area (Å²) >= 11 is 5.72. The van der Waals surface area contributed by atoms with Crippen LogP contribution in [0.25, 0.3) is 11.3 Å². The van der Waals surface area contributed by atoms with Crippen LogP contribution >= 0.6 is 12.2 Å². The van der Waals surface area contributed by atoms with E-state index in [2.05, 4.69) is 20.2 Å². The van der Waals surface area contributed by atoms with Crippen LogP contribution in [-0.4, -0.2) is 32.0 Å². The van der Waals surface area contributed by atoms with Crippen LogP contribution in [-0.2, 0) is 6.54 Å². The minimum atomic E-state index is -0.459. The third kappa shape index (κ3) is 4.43. The van der Waals surface area contributed by atoms with Crippen LogP contribution < -0.4 is 10.1 Å². The van der Waals surface area contributed by atoms with Crippen molar-refractivity contribution < 1.29 is 14.1 Å². The summed E-state index contributed by atoms with van der Waals surface area (Å²) in [5.74, 6) is 1.57. The number of nitrogens with one attached hydrogen (secondary N) is 1. The molecule has 0 aliphatic carbocycles. The van der Waals surface area contributed by atoms with Crippen LogP contribution in [0.4, 0.5) is 5.69 Å². The predicted octanol–water partition coefficient (Wildman–Crippen LogP) is 4.83. The third-order valence-corrected chi connectivity index (χ3v) is 6.23. The minimum absolute atomic E-state index is 0.0542. The second-order valence-corrected chi connectivity index (χ2v) is 8.34. The summed E-state index contributed by atoms with van der Waals surface area (Å²) in [5, 5.41) is 15.2. The van der Waals surface area contributed by atoms with Gasteiger partial charge in [0, 0.05) is 31.2 Å². The number of rotatable bonds is 7. The molecular weight excluding hydrogens is 466 g/mol. The van der Waals surface area contributed by atoms with Gasteiger partial charge in [0.05, 0.1) is 35.4 Å². The zero-order valence-electron chi connectivity index (χ0n) is 18.7. The molecule has 4 heterocycles. The van der Waals surface area contributed by atoms with Crippen LogP contribution in [0.2, 0.25) is 0 Å². The summed E-state index contributed by atoms with van der Waals surface area (Å²) in [6.07, 6.45) is 5.25. The zero-order chi connectivity index (χ0) is 24.4. The Balaban J connectivity index is 1.54. The highest BCUT2D eigenvalue weighted by molar-refractivity contribution is 7.80. The molecule has 0 amide bonds. The molecule has 1 fully saturated rings. The quantitative estimate of drug-likeness (QED) is 0.223. The number of ether oxygens (including phenoxy) is 1. The molecule has 9 nitrogen and oxygen atoms in total. The molecule has 5 rings (SSSR count). The Hall–Kier alpha value is -4.31. The number of furan rings is 1. The number of hydrogen-bond donors (Lipinski definition) is 1. The maximum atomic E-state index is 11.2. The minimum Gasteiger partial charge on any atom is -0.496 e. The second kappa shape index (κ2) is 9.51. The Morgan fingerprint density at radius 3 is 2.69 bits per heavy atom. The number of methoxy groups -OCH3 is 1. The van der Waals surface area contributed by atoms with Gasteiger partial charge in [-0.15, -0.1) is 0 Å². The number of nitrogens with zero attached hydrogens (tertiary/aromatic N) is 4. The van der Waals surface area contributed by atoms with Crippen molar-refractivity contribution in [1.82, 2.24) is 20.2 Å². The molecular formula is C25H21N5O4S. The number of nitro groups is 1. The molecule has 2 atom stereocenters. The van der Waals surface area contributed by atoms with Gasteiger partial charge in [-0.2, -0.15) is 0 Å². The van der Waals surface area contributed by atoms with Gasteiger partial charge in [-0.05, 0) is 60.2 Å². The van der Waals surface area contributed by atoms with Crippen molar-refractivity contribution in [3.8, 4) is 17.1 Å². The monoisotopic (exact) mass is 487 g/mol. The highest BCUT2D eigenvalue weighted by Crippen LogP contribution is 2.42. The highest BCUT2D eigenvalue weighted by Gasteiger charge is 2.41. The van der Waals surface area contributed by atoms with E-state index < -0.39 is 4.92 Å². The van der Waals surface area contributed by atoms with E-state index in [4.69, 9.17) is 21.4 Å². The molecule has 35 heavy (non-hydrogen) atoms. The number of benzene rings is 1. The van der Waals surface area contributed by atoms with Gasteiger partial charge in [-0.25, -0.2) is 0 Å². The molecule has 1 aliphatic rings. The molecule has 1 saturated heterocycles. The Bertz CT molecular complexity index is 1360. The van der Waals surface area contributed by atoms with Crippen molar-refractivity contribution in [1.29, 1.82) is 0 Å². The molecule has 10 heteroatoms. The smallest absolute Gasteiger partial charge is 0.273 e. The second-order valence-electron chi connectivity index (χ2n) is 7.95. The van der Waals surface area contributed by atoms with Crippen LogP contribution in [0.1, 0.15) is 29.1 Å². The van der Waals surface area contributed by atoms with Gasteiger partial charge in [-0.1, -0.05) is 6.07 Å². The summed E-state index contributed by atoms with van der Waals surface area (Å²) in [4.78, 5) is 21.4. The first kappa shape index (κ1) is 22.5. The molecule has 176 valence electrons. The molecule has 1 N–H and O–H groups in total. The first-order valence-electron chi connectivity index (χ1n) is 10.8. The summed E-state index contributed by atoms with van der Waals surface area (Å²) in [6.45, 7) is 0.555. The summed E-state index contributed by atoms with van der Waals surface area (Å²) in [7, 11) is 1.47. The summed E-state index contributed by atoms with van der Waals surface area (Å²) in [5.41, 5.74) is 2.46. The van der Waals surface area contributed by atoms with E-state index in [0.29, 0.717) is 34.5 Å². The van der Waals surface area contributed by atoms with Gasteiger partial charge in [-0.3, -0.25) is 20.1 Å². The molecule has 4 aromatic rings. The maximum absolute atomic E-state index is 11.2. The number of aromatic nitrogens is 2.